The third kappa shape index (κ3) is 4.60. The van der Waals surface area contributed by atoms with Gasteiger partial charge >= 0.3 is 0 Å². The fourth-order valence-corrected chi connectivity index (χ4v) is 2.51. The van der Waals surface area contributed by atoms with Crippen LogP contribution in [0.4, 0.5) is 17.1 Å². The van der Waals surface area contributed by atoms with E-state index in [2.05, 4.69) is 15.6 Å². The first-order valence-corrected chi connectivity index (χ1v) is 8.43. The Morgan fingerprint density at radius 3 is 2.38 bits per heavy atom. The predicted molar refractivity (Wildman–Crippen MR) is 107 cm³/mol. The van der Waals surface area contributed by atoms with Crippen LogP contribution in [0.3, 0.4) is 0 Å². The van der Waals surface area contributed by atoms with E-state index in [0.29, 0.717) is 12.1 Å². The molecule has 1 amide bonds. The molecule has 132 valence electrons. The van der Waals surface area contributed by atoms with Crippen molar-refractivity contribution in [3.8, 4) is 0 Å². The van der Waals surface area contributed by atoms with E-state index < -0.39 is 0 Å². The summed E-state index contributed by atoms with van der Waals surface area (Å²) in [6, 6.07) is 19.6. The summed E-state index contributed by atoms with van der Waals surface area (Å²) in [6.07, 6.45) is 3.28. The van der Waals surface area contributed by atoms with Gasteiger partial charge in [0.25, 0.3) is 5.91 Å². The van der Waals surface area contributed by atoms with Crippen molar-refractivity contribution in [1.82, 2.24) is 4.98 Å². The Labute approximate surface area is 153 Å². The molecule has 0 saturated heterocycles. The number of anilines is 3. The molecule has 0 spiro atoms. The molecule has 0 aliphatic heterocycles. The van der Waals surface area contributed by atoms with Gasteiger partial charge in [0.05, 0.1) is 11.3 Å². The number of hydrogen-bond acceptors (Lipinski definition) is 4. The second kappa shape index (κ2) is 8.16. The van der Waals surface area contributed by atoms with Gasteiger partial charge in [-0.3, -0.25) is 9.78 Å². The molecule has 0 aliphatic rings. The molecule has 1 aromatic heterocycles. The Bertz CT molecular complexity index is 861. The molecule has 5 nitrogen and oxygen atoms in total. The van der Waals surface area contributed by atoms with E-state index in [1.807, 2.05) is 73.6 Å². The van der Waals surface area contributed by atoms with E-state index in [1.54, 1.807) is 18.5 Å². The molecular formula is C21H22N4O. The maximum Gasteiger partial charge on any atom is 0.257 e. The largest absolute Gasteiger partial charge is 0.380 e. The quantitative estimate of drug-likeness (QED) is 0.708. The first kappa shape index (κ1) is 17.5. The van der Waals surface area contributed by atoms with Crippen LogP contribution in [-0.2, 0) is 6.54 Å². The number of nitrogens with zero attached hydrogens (tertiary/aromatic N) is 2. The number of carbonyl (C=O) groups is 1. The van der Waals surface area contributed by atoms with Gasteiger partial charge < -0.3 is 15.5 Å². The lowest BCUT2D eigenvalue weighted by Gasteiger charge is -2.13. The molecule has 3 rings (SSSR count). The monoisotopic (exact) mass is 346 g/mol. The van der Waals surface area contributed by atoms with Crippen molar-refractivity contribution in [2.24, 2.45) is 0 Å². The number of hydrogen-bond donors (Lipinski definition) is 2. The molecule has 1 heterocycles. The van der Waals surface area contributed by atoms with E-state index in [-0.39, 0.29) is 5.91 Å². The van der Waals surface area contributed by atoms with Gasteiger partial charge in [0.2, 0.25) is 0 Å². The summed E-state index contributed by atoms with van der Waals surface area (Å²) in [7, 11) is 3.96. The number of nitrogens with one attached hydrogen (secondary N) is 2. The standard InChI is InChI=1S/C21H22N4O/c1-25(2)20-10-8-18(9-11-20)24-21(26)17-12-19(15-22-14-17)23-13-16-6-4-3-5-7-16/h3-12,14-15,23H,13H2,1-2H3,(H,24,26). The van der Waals surface area contributed by atoms with Crippen LogP contribution >= 0.6 is 0 Å². The molecule has 3 aromatic rings. The zero-order valence-electron chi connectivity index (χ0n) is 14.9. The van der Waals surface area contributed by atoms with Gasteiger partial charge in [0.15, 0.2) is 0 Å². The van der Waals surface area contributed by atoms with Crippen LogP contribution in [0.2, 0.25) is 0 Å². The van der Waals surface area contributed by atoms with E-state index >= 15 is 0 Å². The molecule has 0 radical (unpaired) electrons. The van der Waals surface area contributed by atoms with Crippen LogP contribution in [-0.4, -0.2) is 25.0 Å². The summed E-state index contributed by atoms with van der Waals surface area (Å²) in [4.78, 5) is 18.6. The van der Waals surface area contributed by atoms with Crippen molar-refractivity contribution >= 4 is 23.0 Å². The molecule has 0 saturated carbocycles. The van der Waals surface area contributed by atoms with Crippen molar-refractivity contribution in [2.75, 3.05) is 29.6 Å². The number of pyridine rings is 1. The number of rotatable bonds is 6. The zero-order valence-corrected chi connectivity index (χ0v) is 14.9. The van der Waals surface area contributed by atoms with Gasteiger partial charge in [-0.2, -0.15) is 0 Å². The fourth-order valence-electron chi connectivity index (χ4n) is 2.51. The Hall–Kier alpha value is -3.34. The van der Waals surface area contributed by atoms with Crippen LogP contribution in [0, 0.1) is 0 Å². The van der Waals surface area contributed by atoms with E-state index in [0.717, 1.165) is 17.1 Å². The van der Waals surface area contributed by atoms with E-state index in [1.165, 1.54) is 5.56 Å². The molecular weight excluding hydrogens is 324 g/mol. The maximum atomic E-state index is 12.5. The average molecular weight is 346 g/mol. The fraction of sp³-hybridized carbons (Fsp3) is 0.143. The minimum atomic E-state index is -0.182. The Morgan fingerprint density at radius 1 is 0.962 bits per heavy atom. The first-order valence-electron chi connectivity index (χ1n) is 8.43. The SMILES string of the molecule is CN(C)c1ccc(NC(=O)c2cncc(NCc3ccccc3)c2)cc1. The lowest BCUT2D eigenvalue weighted by atomic mass is 10.2. The Morgan fingerprint density at radius 2 is 1.69 bits per heavy atom. The van der Waals surface area contributed by atoms with Gasteiger partial charge in [-0.25, -0.2) is 0 Å². The molecule has 0 aliphatic carbocycles. The minimum Gasteiger partial charge on any atom is -0.380 e. The van der Waals surface area contributed by atoms with E-state index in [9.17, 15) is 4.79 Å². The van der Waals surface area contributed by atoms with Crippen molar-refractivity contribution in [2.45, 2.75) is 6.54 Å². The van der Waals surface area contributed by atoms with Gasteiger partial charge in [0, 0.05) is 44.4 Å². The number of carbonyl (C=O) groups excluding carboxylic acids is 1. The van der Waals surface area contributed by atoms with Gasteiger partial charge in [-0.1, -0.05) is 30.3 Å². The first-order chi connectivity index (χ1) is 12.6. The van der Waals surface area contributed by atoms with Crippen LogP contribution in [0.5, 0.6) is 0 Å². The van der Waals surface area contributed by atoms with Crippen molar-refractivity contribution < 1.29 is 4.79 Å². The molecule has 2 N–H and O–H groups in total. The summed E-state index contributed by atoms with van der Waals surface area (Å²) < 4.78 is 0. The van der Waals surface area contributed by atoms with Crippen LogP contribution in [0.15, 0.2) is 73.1 Å². The smallest absolute Gasteiger partial charge is 0.257 e. The molecule has 0 unspecified atom stereocenters. The Kier molecular flexibility index (Phi) is 5.49. The molecule has 0 atom stereocenters. The van der Waals surface area contributed by atoms with Gasteiger partial charge in [-0.05, 0) is 35.9 Å². The molecule has 0 fully saturated rings. The van der Waals surface area contributed by atoms with Crippen LogP contribution in [0.25, 0.3) is 0 Å². The normalized spacial score (nSPS) is 10.2. The molecule has 26 heavy (non-hydrogen) atoms. The topological polar surface area (TPSA) is 57.3 Å². The minimum absolute atomic E-state index is 0.182. The third-order valence-corrected chi connectivity index (χ3v) is 3.98. The molecule has 5 heteroatoms. The summed E-state index contributed by atoms with van der Waals surface area (Å²) in [6.45, 7) is 0.680. The van der Waals surface area contributed by atoms with E-state index in [4.69, 9.17) is 0 Å². The lowest BCUT2D eigenvalue weighted by Crippen LogP contribution is -2.13. The van der Waals surface area contributed by atoms with Gasteiger partial charge in [0.1, 0.15) is 0 Å². The van der Waals surface area contributed by atoms with Crippen LogP contribution < -0.4 is 15.5 Å². The van der Waals surface area contributed by atoms with Crippen molar-refractivity contribution in [3.05, 3.63) is 84.2 Å². The van der Waals surface area contributed by atoms with Crippen LogP contribution in [0.1, 0.15) is 15.9 Å². The lowest BCUT2D eigenvalue weighted by molar-refractivity contribution is 0.102. The molecule has 2 aromatic carbocycles. The molecule has 0 bridgehead atoms. The highest BCUT2D eigenvalue weighted by Crippen LogP contribution is 2.17. The maximum absolute atomic E-state index is 12.5. The van der Waals surface area contributed by atoms with Crippen molar-refractivity contribution in [3.63, 3.8) is 0 Å². The highest BCUT2D eigenvalue weighted by atomic mass is 16.1. The number of amides is 1. The second-order valence-electron chi connectivity index (χ2n) is 6.20. The highest BCUT2D eigenvalue weighted by Gasteiger charge is 2.08. The summed E-state index contributed by atoms with van der Waals surface area (Å²) in [5, 5.41) is 6.19. The number of aromatic nitrogens is 1. The Balaban J connectivity index is 1.64. The predicted octanol–water partition coefficient (Wildman–Crippen LogP) is 4.01. The number of benzene rings is 2. The summed E-state index contributed by atoms with van der Waals surface area (Å²) in [5.41, 5.74) is 4.33. The highest BCUT2D eigenvalue weighted by molar-refractivity contribution is 6.04. The zero-order chi connectivity index (χ0) is 18.4. The third-order valence-electron chi connectivity index (χ3n) is 3.98. The summed E-state index contributed by atoms with van der Waals surface area (Å²) >= 11 is 0. The second-order valence-corrected chi connectivity index (χ2v) is 6.20. The van der Waals surface area contributed by atoms with Crippen molar-refractivity contribution in [1.29, 1.82) is 0 Å². The average Bonchev–Trinajstić information content (AvgIpc) is 2.68. The summed E-state index contributed by atoms with van der Waals surface area (Å²) in [5.74, 6) is -0.182. The van der Waals surface area contributed by atoms with Gasteiger partial charge in [-0.15, -0.1) is 0 Å².